The van der Waals surface area contributed by atoms with Gasteiger partial charge in [-0.05, 0) is 138 Å². The molecule has 1 N–H and O–H groups in total. The van der Waals surface area contributed by atoms with Crippen LogP contribution in [-0.4, -0.2) is 7.28 Å². The molecule has 0 saturated carbocycles. The Balaban J connectivity index is 1.08. The third kappa shape index (κ3) is 5.87. The van der Waals surface area contributed by atoms with Crippen molar-refractivity contribution in [1.82, 2.24) is 0 Å². The van der Waals surface area contributed by atoms with E-state index in [-0.39, 0.29) is 16.2 Å². The molecule has 74 heavy (non-hydrogen) atoms. The van der Waals surface area contributed by atoms with E-state index in [2.05, 4.69) is 241 Å². The van der Waals surface area contributed by atoms with E-state index in [1.54, 1.807) is 0 Å². The second-order valence-electron chi connectivity index (χ2n) is 23.9. The number of nitrogens with one attached hydrogen (secondary N) is 1. The average molecular weight is 957 g/mol. The Morgan fingerprint density at radius 2 is 1.12 bits per heavy atom. The minimum absolute atomic E-state index is 0.0167. The molecule has 0 saturated heterocycles. The summed E-state index contributed by atoms with van der Waals surface area (Å²) in [5.74, 6) is 0.879. The lowest BCUT2D eigenvalue weighted by Gasteiger charge is -2.41. The van der Waals surface area contributed by atoms with Gasteiger partial charge in [0.05, 0.1) is 16.8 Å². The monoisotopic (exact) mass is 956 g/mol. The smallest absolute Gasteiger partial charge is 0.204 e. The first-order chi connectivity index (χ1) is 35.8. The minimum Gasteiger partial charge on any atom is -0.455 e. The number of benzene rings is 9. The van der Waals surface area contributed by atoms with Crippen molar-refractivity contribution >= 4 is 79.7 Å². The second kappa shape index (κ2) is 15.0. The van der Waals surface area contributed by atoms with Gasteiger partial charge in [-0.2, -0.15) is 0 Å². The van der Waals surface area contributed by atoms with E-state index in [1.807, 2.05) is 0 Å². The minimum atomic E-state index is -0.568. The molecule has 15 rings (SSSR count). The Kier molecular flexibility index (Phi) is 8.85. The predicted octanol–water partition coefficient (Wildman–Crippen LogP) is 16.9. The van der Waals surface area contributed by atoms with Crippen LogP contribution < -0.4 is 21.1 Å². The van der Waals surface area contributed by atoms with Crippen LogP contribution in [0.3, 0.4) is 0 Å². The maximum Gasteiger partial charge on any atom is 0.204 e. The summed E-state index contributed by atoms with van der Waals surface area (Å²) in [6.45, 7) is 16.6. The van der Waals surface area contributed by atoms with Crippen molar-refractivity contribution in [2.75, 3.05) is 10.2 Å². The highest BCUT2D eigenvalue weighted by atomic mass is 16.4. The SMILES string of the molecule is CC(C)(C)c1ccc(N2c3cc4c(oc5ccccc54)c(-c4cccc5c4Nc4ccccc4C54c5ccccc5-c5ccccc54)c3Bc3c2oc2cc4c(cc32)C(C)(C)CCC4(C)C)c(-c2ccccc2)c1. The van der Waals surface area contributed by atoms with Gasteiger partial charge in [0, 0.05) is 44.2 Å². The van der Waals surface area contributed by atoms with E-state index in [0.717, 1.165) is 91.3 Å². The lowest BCUT2D eigenvalue weighted by Crippen LogP contribution is -2.40. The van der Waals surface area contributed by atoms with Gasteiger partial charge in [-0.1, -0.05) is 188 Å². The Labute approximate surface area is 433 Å². The number of anilines is 5. The van der Waals surface area contributed by atoms with Crippen LogP contribution in [0.1, 0.15) is 100 Å². The van der Waals surface area contributed by atoms with Crippen LogP contribution in [0.4, 0.5) is 28.6 Å². The topological polar surface area (TPSA) is 41.6 Å². The third-order valence-corrected chi connectivity index (χ3v) is 17.8. The maximum atomic E-state index is 7.51. The molecule has 358 valence electrons. The molecule has 0 amide bonds. The molecule has 0 fully saturated rings. The number of para-hydroxylation sites is 3. The molecule has 0 atom stereocenters. The van der Waals surface area contributed by atoms with Crippen LogP contribution in [0.2, 0.25) is 0 Å². The summed E-state index contributed by atoms with van der Waals surface area (Å²) in [5.41, 5.74) is 25.2. The molecule has 0 radical (unpaired) electrons. The van der Waals surface area contributed by atoms with Gasteiger partial charge in [0.15, 0.2) is 5.88 Å². The Morgan fingerprint density at radius 1 is 0.486 bits per heavy atom. The van der Waals surface area contributed by atoms with Crippen LogP contribution in [0.15, 0.2) is 191 Å². The zero-order valence-electron chi connectivity index (χ0n) is 43.2. The lowest BCUT2D eigenvalue weighted by atomic mass is 9.57. The van der Waals surface area contributed by atoms with Gasteiger partial charge in [-0.25, -0.2) is 0 Å². The standard InChI is InChI=1S/C69H57BN2O2/c1-66(2,3)41-32-33-56(46(36-41)40-20-9-8-10-21-40)72-57-38-47-44-24-13-18-31-58(44)73-64(47)60(62(57)70-61-48-37-53-54(39-59(48)74-65(61)72)68(6,7)35-34-67(53,4)5)45-25-19-29-52-63(45)71-55-30-17-16-28-51(55)69(52)49-26-14-11-22-42(49)43-23-12-15-27-50(43)69/h8-33,36-39,70-71H,34-35H2,1-7H3. The number of nitrogens with zero attached hydrogens (tertiary/aromatic N) is 1. The number of rotatable bonds is 3. The molecule has 2 aliphatic heterocycles. The van der Waals surface area contributed by atoms with E-state index >= 15 is 0 Å². The van der Waals surface area contributed by atoms with Crippen molar-refractivity contribution in [1.29, 1.82) is 0 Å². The summed E-state index contributed by atoms with van der Waals surface area (Å²) in [5, 5.41) is 7.49. The van der Waals surface area contributed by atoms with Crippen LogP contribution >= 0.6 is 0 Å². The van der Waals surface area contributed by atoms with E-state index in [4.69, 9.17) is 8.83 Å². The quantitative estimate of drug-likeness (QED) is 0.179. The van der Waals surface area contributed by atoms with Crippen LogP contribution in [-0.2, 0) is 21.7 Å². The summed E-state index contributed by atoms with van der Waals surface area (Å²) in [4.78, 5) is 2.48. The summed E-state index contributed by atoms with van der Waals surface area (Å²) in [6, 6.07) is 68.0. The molecule has 5 heteroatoms. The molecule has 9 aromatic carbocycles. The van der Waals surface area contributed by atoms with Crippen LogP contribution in [0, 0.1) is 0 Å². The number of hydrogen-bond acceptors (Lipinski definition) is 4. The fourth-order valence-corrected chi connectivity index (χ4v) is 13.9. The highest BCUT2D eigenvalue weighted by Gasteiger charge is 2.51. The molecule has 2 aromatic heterocycles. The van der Waals surface area contributed by atoms with Crippen LogP contribution in [0.25, 0.3) is 66.3 Å². The zero-order chi connectivity index (χ0) is 50.0. The first kappa shape index (κ1) is 43.6. The fraction of sp³-hybridized carbons (Fsp3) is 0.188. The molecule has 11 aromatic rings. The molecule has 4 aliphatic rings. The fourth-order valence-electron chi connectivity index (χ4n) is 13.9. The first-order valence-corrected chi connectivity index (χ1v) is 26.6. The van der Waals surface area contributed by atoms with Gasteiger partial charge in [0.1, 0.15) is 16.7 Å². The Morgan fingerprint density at radius 3 is 1.86 bits per heavy atom. The summed E-state index contributed by atoms with van der Waals surface area (Å²) in [7, 11) is 0.650. The van der Waals surface area contributed by atoms with E-state index < -0.39 is 5.41 Å². The summed E-state index contributed by atoms with van der Waals surface area (Å²) in [6.07, 6.45) is 2.26. The largest absolute Gasteiger partial charge is 0.455 e. The van der Waals surface area contributed by atoms with Gasteiger partial charge in [0.25, 0.3) is 0 Å². The van der Waals surface area contributed by atoms with E-state index in [9.17, 15) is 0 Å². The molecule has 4 heterocycles. The predicted molar refractivity (Wildman–Crippen MR) is 310 cm³/mol. The van der Waals surface area contributed by atoms with Crippen molar-refractivity contribution in [3.8, 4) is 33.4 Å². The third-order valence-electron chi connectivity index (χ3n) is 17.8. The van der Waals surface area contributed by atoms with Crippen LogP contribution in [0.5, 0.6) is 0 Å². The van der Waals surface area contributed by atoms with E-state index in [1.165, 1.54) is 66.4 Å². The lowest BCUT2D eigenvalue weighted by molar-refractivity contribution is 0.332. The summed E-state index contributed by atoms with van der Waals surface area (Å²) >= 11 is 0. The first-order valence-electron chi connectivity index (χ1n) is 26.6. The number of fused-ring (bicyclic) bond motifs is 17. The van der Waals surface area contributed by atoms with Crippen molar-refractivity contribution in [3.63, 3.8) is 0 Å². The molecule has 0 bridgehead atoms. The average Bonchev–Trinajstić information content (AvgIpc) is 4.23. The Bertz CT molecular complexity index is 4160. The second-order valence-corrected chi connectivity index (χ2v) is 23.9. The number of furan rings is 2. The number of hydrogen-bond donors (Lipinski definition) is 1. The van der Waals surface area contributed by atoms with Crippen molar-refractivity contribution in [2.45, 2.75) is 83.0 Å². The molecular formula is C69H57BN2O2. The molecule has 0 unspecified atom stereocenters. The van der Waals surface area contributed by atoms with Gasteiger partial charge < -0.3 is 14.2 Å². The maximum absolute atomic E-state index is 7.51. The highest BCUT2D eigenvalue weighted by Crippen LogP contribution is 2.62. The van der Waals surface area contributed by atoms with Gasteiger partial charge in [0.2, 0.25) is 7.28 Å². The van der Waals surface area contributed by atoms with Gasteiger partial charge >= 0.3 is 0 Å². The van der Waals surface area contributed by atoms with Crippen molar-refractivity contribution in [3.05, 3.63) is 221 Å². The Hall–Kier alpha value is -8.02. The van der Waals surface area contributed by atoms with Gasteiger partial charge in [-0.15, -0.1) is 0 Å². The molecule has 1 spiro atoms. The molecule has 4 nitrogen and oxygen atoms in total. The zero-order valence-corrected chi connectivity index (χ0v) is 43.2. The normalized spacial score (nSPS) is 16.2. The molecular weight excluding hydrogens is 900 g/mol. The molecule has 2 aliphatic carbocycles. The highest BCUT2D eigenvalue weighted by molar-refractivity contribution is 6.76. The van der Waals surface area contributed by atoms with Crippen molar-refractivity contribution in [2.24, 2.45) is 0 Å². The van der Waals surface area contributed by atoms with Gasteiger partial charge in [-0.3, -0.25) is 4.90 Å². The van der Waals surface area contributed by atoms with Crippen molar-refractivity contribution < 1.29 is 8.83 Å². The van der Waals surface area contributed by atoms with E-state index in [0.29, 0.717) is 7.28 Å². The summed E-state index contributed by atoms with van der Waals surface area (Å²) < 4.78 is 14.8.